The Morgan fingerprint density at radius 1 is 1.03 bits per heavy atom. The van der Waals surface area contributed by atoms with Crippen molar-refractivity contribution in [3.8, 4) is 16.9 Å². The third-order valence-electron chi connectivity index (χ3n) is 4.85. The van der Waals surface area contributed by atoms with Gasteiger partial charge in [0.1, 0.15) is 17.4 Å². The van der Waals surface area contributed by atoms with Crippen molar-refractivity contribution in [1.29, 1.82) is 0 Å². The first-order valence-corrected chi connectivity index (χ1v) is 9.56. The van der Waals surface area contributed by atoms with Gasteiger partial charge in [0.15, 0.2) is 0 Å². The van der Waals surface area contributed by atoms with Crippen LogP contribution in [-0.2, 0) is 6.54 Å². The molecule has 2 amide bonds. The van der Waals surface area contributed by atoms with Crippen molar-refractivity contribution in [1.82, 2.24) is 10.3 Å². The first-order chi connectivity index (χ1) is 15.0. The second kappa shape index (κ2) is 8.79. The minimum Gasteiger partial charge on any atom is -0.497 e. The topological polar surface area (TPSA) is 63.2 Å². The predicted octanol–water partition coefficient (Wildman–Crippen LogP) is 5.51. The first-order valence-electron chi connectivity index (χ1n) is 9.56. The zero-order valence-corrected chi connectivity index (χ0v) is 16.7. The van der Waals surface area contributed by atoms with Gasteiger partial charge in [0.05, 0.1) is 18.3 Å². The summed E-state index contributed by atoms with van der Waals surface area (Å²) >= 11 is 0. The Hall–Kier alpha value is -4.00. The Morgan fingerprint density at radius 2 is 1.90 bits per heavy atom. The Kier molecular flexibility index (Phi) is 5.75. The molecule has 0 saturated heterocycles. The van der Waals surface area contributed by atoms with E-state index in [1.807, 2.05) is 48.5 Å². The number of ether oxygens (including phenoxy) is 1. The highest BCUT2D eigenvalue weighted by Gasteiger charge is 2.12. The van der Waals surface area contributed by atoms with E-state index in [1.165, 1.54) is 6.07 Å². The highest BCUT2D eigenvalue weighted by atomic mass is 19.1. The molecular formula is C24H19F2N3O2. The number of amides is 2. The largest absolute Gasteiger partial charge is 0.497 e. The number of rotatable bonds is 5. The average molecular weight is 419 g/mol. The average Bonchev–Trinajstić information content (AvgIpc) is 2.79. The van der Waals surface area contributed by atoms with Crippen molar-refractivity contribution < 1.29 is 18.3 Å². The third-order valence-corrected chi connectivity index (χ3v) is 4.85. The van der Waals surface area contributed by atoms with Crippen LogP contribution in [-0.4, -0.2) is 18.1 Å². The molecule has 156 valence electrons. The number of nitrogens with zero attached hydrogens (tertiary/aromatic N) is 1. The molecule has 0 spiro atoms. The van der Waals surface area contributed by atoms with Gasteiger partial charge >= 0.3 is 6.03 Å². The molecule has 0 saturated carbocycles. The molecule has 0 atom stereocenters. The summed E-state index contributed by atoms with van der Waals surface area (Å²) in [5.74, 6) is -0.799. The standard InChI is InChI=1S/C24H19F2N3O2/c1-31-18-5-2-4-15(12-18)19-9-7-16(23-20(19)6-3-11-27-23)14-28-24(30)29-22-10-8-17(25)13-21(22)26/h2-13H,14H2,1H3,(H2,28,29,30). The van der Waals surface area contributed by atoms with Gasteiger partial charge in [-0.3, -0.25) is 4.98 Å². The number of carbonyl (C=O) groups is 1. The molecule has 0 aliphatic heterocycles. The number of hydrogen-bond acceptors (Lipinski definition) is 3. The summed E-state index contributed by atoms with van der Waals surface area (Å²) in [7, 11) is 1.62. The van der Waals surface area contributed by atoms with Crippen LogP contribution in [0.2, 0.25) is 0 Å². The molecular weight excluding hydrogens is 400 g/mol. The second-order valence-electron chi connectivity index (χ2n) is 6.84. The van der Waals surface area contributed by atoms with Crippen LogP contribution in [0.3, 0.4) is 0 Å². The van der Waals surface area contributed by atoms with Crippen molar-refractivity contribution in [3.63, 3.8) is 0 Å². The van der Waals surface area contributed by atoms with Crippen molar-refractivity contribution >= 4 is 22.6 Å². The molecule has 1 aromatic heterocycles. The van der Waals surface area contributed by atoms with E-state index in [0.29, 0.717) is 6.07 Å². The molecule has 0 aliphatic carbocycles. The fraction of sp³-hybridized carbons (Fsp3) is 0.0833. The number of fused-ring (bicyclic) bond motifs is 1. The number of methoxy groups -OCH3 is 1. The second-order valence-corrected chi connectivity index (χ2v) is 6.84. The van der Waals surface area contributed by atoms with Crippen LogP contribution in [0.25, 0.3) is 22.0 Å². The lowest BCUT2D eigenvalue weighted by molar-refractivity contribution is 0.251. The van der Waals surface area contributed by atoms with Gasteiger partial charge in [0.2, 0.25) is 0 Å². The van der Waals surface area contributed by atoms with Crippen molar-refractivity contribution in [2.75, 3.05) is 12.4 Å². The molecule has 0 bridgehead atoms. The van der Waals surface area contributed by atoms with Crippen molar-refractivity contribution in [3.05, 3.63) is 90.1 Å². The van der Waals surface area contributed by atoms with E-state index in [1.54, 1.807) is 13.3 Å². The number of hydrogen-bond donors (Lipinski definition) is 2. The van der Waals surface area contributed by atoms with Crippen molar-refractivity contribution in [2.24, 2.45) is 0 Å². The van der Waals surface area contributed by atoms with Gasteiger partial charge in [-0.15, -0.1) is 0 Å². The molecule has 7 heteroatoms. The van der Waals surface area contributed by atoms with E-state index in [-0.39, 0.29) is 12.2 Å². The summed E-state index contributed by atoms with van der Waals surface area (Å²) in [4.78, 5) is 16.7. The molecule has 3 aromatic carbocycles. The zero-order chi connectivity index (χ0) is 21.8. The quantitative estimate of drug-likeness (QED) is 0.448. The van der Waals surface area contributed by atoms with Crippen LogP contribution in [0, 0.1) is 11.6 Å². The molecule has 1 heterocycles. The summed E-state index contributed by atoms with van der Waals surface area (Å²) in [6.45, 7) is 0.181. The number of halogens is 2. The Morgan fingerprint density at radius 3 is 2.71 bits per heavy atom. The normalized spacial score (nSPS) is 10.7. The van der Waals surface area contributed by atoms with Crippen LogP contribution in [0.15, 0.2) is 72.9 Å². The number of anilines is 1. The summed E-state index contributed by atoms with van der Waals surface area (Å²) < 4.78 is 32.1. The van der Waals surface area contributed by atoms with Crippen LogP contribution in [0.5, 0.6) is 5.75 Å². The summed E-state index contributed by atoms with van der Waals surface area (Å²) in [5.41, 5.74) is 3.42. The van der Waals surface area contributed by atoms with E-state index in [2.05, 4.69) is 15.6 Å². The van der Waals surface area contributed by atoms with Gasteiger partial charge in [-0.25, -0.2) is 13.6 Å². The number of nitrogens with one attached hydrogen (secondary N) is 2. The number of urea groups is 1. The fourth-order valence-electron chi connectivity index (χ4n) is 3.35. The maximum absolute atomic E-state index is 13.7. The predicted molar refractivity (Wildman–Crippen MR) is 116 cm³/mol. The first kappa shape index (κ1) is 20.3. The highest BCUT2D eigenvalue weighted by Crippen LogP contribution is 2.31. The third kappa shape index (κ3) is 4.45. The van der Waals surface area contributed by atoms with E-state index < -0.39 is 17.7 Å². The van der Waals surface area contributed by atoms with Gasteiger partial charge in [-0.2, -0.15) is 0 Å². The van der Waals surface area contributed by atoms with Gasteiger partial charge in [-0.05, 0) is 47.0 Å². The minimum absolute atomic E-state index is 0.102. The zero-order valence-electron chi connectivity index (χ0n) is 16.7. The smallest absolute Gasteiger partial charge is 0.319 e. The van der Waals surface area contributed by atoms with Crippen molar-refractivity contribution in [2.45, 2.75) is 6.54 Å². The van der Waals surface area contributed by atoms with Gasteiger partial charge < -0.3 is 15.4 Å². The van der Waals surface area contributed by atoms with Gasteiger partial charge in [-0.1, -0.05) is 30.3 Å². The number of benzene rings is 3. The summed E-state index contributed by atoms with van der Waals surface area (Å²) in [6.07, 6.45) is 1.69. The lowest BCUT2D eigenvalue weighted by atomic mass is 9.97. The summed E-state index contributed by atoms with van der Waals surface area (Å²) in [6, 6.07) is 17.8. The van der Waals surface area contributed by atoms with E-state index >= 15 is 0 Å². The highest BCUT2D eigenvalue weighted by molar-refractivity contribution is 5.97. The van der Waals surface area contributed by atoms with Crippen LogP contribution in [0.4, 0.5) is 19.3 Å². The number of pyridine rings is 1. The Labute approximate surface area is 177 Å². The van der Waals surface area contributed by atoms with Crippen LogP contribution in [0.1, 0.15) is 5.56 Å². The van der Waals surface area contributed by atoms with Crippen LogP contribution >= 0.6 is 0 Å². The lowest BCUT2D eigenvalue weighted by Crippen LogP contribution is -2.28. The Bertz CT molecular complexity index is 1260. The molecule has 0 fully saturated rings. The monoisotopic (exact) mass is 419 g/mol. The van der Waals surface area contributed by atoms with E-state index in [9.17, 15) is 13.6 Å². The molecule has 4 rings (SSSR count). The Balaban J connectivity index is 1.57. The van der Waals surface area contributed by atoms with Crippen LogP contribution < -0.4 is 15.4 Å². The van der Waals surface area contributed by atoms with Gasteiger partial charge in [0, 0.05) is 24.2 Å². The molecule has 31 heavy (non-hydrogen) atoms. The number of aromatic nitrogens is 1. The molecule has 0 radical (unpaired) electrons. The molecule has 0 aliphatic rings. The van der Waals surface area contributed by atoms with E-state index in [4.69, 9.17) is 4.74 Å². The lowest BCUT2D eigenvalue weighted by Gasteiger charge is -2.13. The minimum atomic E-state index is -0.843. The van der Waals surface area contributed by atoms with Gasteiger partial charge in [0.25, 0.3) is 0 Å². The number of carbonyl (C=O) groups excluding carboxylic acids is 1. The maximum Gasteiger partial charge on any atom is 0.319 e. The van der Waals surface area contributed by atoms with E-state index in [0.717, 1.165) is 39.4 Å². The summed E-state index contributed by atoms with van der Waals surface area (Å²) in [5, 5.41) is 6.00. The molecule has 5 nitrogen and oxygen atoms in total. The molecule has 4 aromatic rings. The maximum atomic E-state index is 13.7. The fourth-order valence-corrected chi connectivity index (χ4v) is 3.35. The SMILES string of the molecule is COc1cccc(-c2ccc(CNC(=O)Nc3ccc(F)cc3F)c3ncccc23)c1. The molecule has 2 N–H and O–H groups in total. The molecule has 0 unspecified atom stereocenters.